The van der Waals surface area contributed by atoms with E-state index in [1.165, 1.54) is 0 Å². The van der Waals surface area contributed by atoms with E-state index in [0.717, 1.165) is 6.20 Å². The first-order chi connectivity index (χ1) is 6.75. The molecule has 15 heavy (non-hydrogen) atoms. The van der Waals surface area contributed by atoms with E-state index in [9.17, 15) is 17.2 Å². The zero-order chi connectivity index (χ0) is 11.8. The number of hydrogen-bond donors (Lipinski definition) is 0. The van der Waals surface area contributed by atoms with Gasteiger partial charge in [-0.2, -0.15) is 0 Å². The molecule has 0 radical (unpaired) electrons. The zero-order valence-corrected chi connectivity index (χ0v) is 10.6. The third-order valence-corrected chi connectivity index (χ3v) is 4.45. The molecule has 1 aromatic heterocycles. The van der Waals surface area contributed by atoms with Gasteiger partial charge in [-0.25, -0.2) is 17.2 Å². The number of rotatable bonds is 2. The Morgan fingerprint density at radius 1 is 1.47 bits per heavy atom. The van der Waals surface area contributed by atoms with Crippen LogP contribution in [0.1, 0.15) is 12.1 Å². The summed E-state index contributed by atoms with van der Waals surface area (Å²) >= 11 is 8.25. The van der Waals surface area contributed by atoms with Crippen molar-refractivity contribution in [1.82, 2.24) is 4.98 Å². The van der Waals surface area contributed by atoms with Crippen LogP contribution in [0, 0.1) is 0 Å². The van der Waals surface area contributed by atoms with E-state index in [0.29, 0.717) is 0 Å². The number of pyridine rings is 1. The maximum Gasteiger partial charge on any atom is 0.281 e. The predicted octanol–water partition coefficient (Wildman–Crippen LogP) is 3.36. The van der Waals surface area contributed by atoms with Crippen LogP contribution >= 0.6 is 38.2 Å². The SMILES string of the molecule is O=S(=O)(Cl)c1cnc(C(F)F)c(Cl)c1Br. The van der Waals surface area contributed by atoms with E-state index in [-0.39, 0.29) is 4.47 Å². The molecule has 1 aromatic rings. The minimum Gasteiger partial charge on any atom is -0.252 e. The number of hydrogen-bond acceptors (Lipinski definition) is 3. The van der Waals surface area contributed by atoms with Crippen molar-refractivity contribution in [3.63, 3.8) is 0 Å². The quantitative estimate of drug-likeness (QED) is 0.775. The van der Waals surface area contributed by atoms with E-state index in [4.69, 9.17) is 22.3 Å². The first-order valence-corrected chi connectivity index (χ1v) is 6.80. The lowest BCUT2D eigenvalue weighted by Crippen LogP contribution is -1.99. The van der Waals surface area contributed by atoms with E-state index >= 15 is 0 Å². The summed E-state index contributed by atoms with van der Waals surface area (Å²) in [5.74, 6) is 0. The molecule has 1 heterocycles. The Labute approximate surface area is 102 Å². The molecule has 0 spiro atoms. The number of aromatic nitrogens is 1. The van der Waals surface area contributed by atoms with E-state index < -0.39 is 31.1 Å². The first kappa shape index (κ1) is 13.1. The molecule has 0 amide bonds. The Kier molecular flexibility index (Phi) is 3.91. The Balaban J connectivity index is 3.48. The van der Waals surface area contributed by atoms with Crippen molar-refractivity contribution in [2.45, 2.75) is 11.3 Å². The van der Waals surface area contributed by atoms with Crippen molar-refractivity contribution in [3.05, 3.63) is 21.4 Å². The molecular weight excluding hydrogens is 339 g/mol. The van der Waals surface area contributed by atoms with Gasteiger partial charge >= 0.3 is 0 Å². The van der Waals surface area contributed by atoms with Gasteiger partial charge in [-0.15, -0.1) is 0 Å². The third kappa shape index (κ3) is 2.77. The molecule has 84 valence electrons. The third-order valence-electron chi connectivity index (χ3n) is 1.42. The molecule has 1 rings (SSSR count). The van der Waals surface area contributed by atoms with Gasteiger partial charge in [0.25, 0.3) is 15.5 Å². The molecule has 0 unspecified atom stereocenters. The number of halogens is 5. The summed E-state index contributed by atoms with van der Waals surface area (Å²) in [5.41, 5.74) is -0.701. The molecule has 0 aromatic carbocycles. The molecule has 0 bridgehead atoms. The van der Waals surface area contributed by atoms with Gasteiger partial charge in [0.2, 0.25) is 0 Å². The summed E-state index contributed by atoms with van der Waals surface area (Å²) in [7, 11) is 0.959. The topological polar surface area (TPSA) is 47.0 Å². The smallest absolute Gasteiger partial charge is 0.252 e. The second kappa shape index (κ2) is 4.48. The second-order valence-corrected chi connectivity index (χ2v) is 6.08. The summed E-state index contributed by atoms with van der Waals surface area (Å²) in [5, 5.41) is -0.466. The minimum absolute atomic E-state index is 0.218. The number of alkyl halides is 2. The summed E-state index contributed by atoms with van der Waals surface area (Å²) in [4.78, 5) is 2.78. The highest BCUT2D eigenvalue weighted by Crippen LogP contribution is 2.36. The van der Waals surface area contributed by atoms with Gasteiger partial charge in [0.15, 0.2) is 0 Å². The standard InChI is InChI=1S/C6H2BrCl2F2NO2S/c7-3-2(15(9,13)14)1-12-5(4(3)8)6(10)11/h1,6H. The molecular formula is C6H2BrCl2F2NO2S. The van der Waals surface area contributed by atoms with Crippen molar-refractivity contribution in [3.8, 4) is 0 Å². The van der Waals surface area contributed by atoms with Crippen molar-refractivity contribution in [2.75, 3.05) is 0 Å². The van der Waals surface area contributed by atoms with Crippen LogP contribution in [0.3, 0.4) is 0 Å². The average Bonchev–Trinajstić information content (AvgIpc) is 2.06. The van der Waals surface area contributed by atoms with Gasteiger partial charge in [-0.1, -0.05) is 11.6 Å². The summed E-state index contributed by atoms with van der Waals surface area (Å²) in [6, 6.07) is 0. The Bertz CT molecular complexity index is 494. The molecule has 0 saturated carbocycles. The molecule has 0 fully saturated rings. The van der Waals surface area contributed by atoms with Crippen LogP contribution in [0.4, 0.5) is 8.78 Å². The van der Waals surface area contributed by atoms with E-state index in [1.807, 2.05) is 0 Å². The van der Waals surface area contributed by atoms with E-state index in [2.05, 4.69) is 20.9 Å². The highest BCUT2D eigenvalue weighted by Gasteiger charge is 2.23. The van der Waals surface area contributed by atoms with Crippen molar-refractivity contribution in [1.29, 1.82) is 0 Å². The molecule has 0 N–H and O–H groups in total. The fourth-order valence-electron chi connectivity index (χ4n) is 0.784. The zero-order valence-electron chi connectivity index (χ0n) is 6.72. The van der Waals surface area contributed by atoms with Crippen LogP contribution in [-0.4, -0.2) is 13.4 Å². The van der Waals surface area contributed by atoms with Crippen LogP contribution in [-0.2, 0) is 9.05 Å². The largest absolute Gasteiger partial charge is 0.281 e. The van der Waals surface area contributed by atoms with Gasteiger partial charge in [-0.3, -0.25) is 4.98 Å². The van der Waals surface area contributed by atoms with Gasteiger partial charge in [-0.05, 0) is 15.9 Å². The fraction of sp³-hybridized carbons (Fsp3) is 0.167. The van der Waals surface area contributed by atoms with Crippen LogP contribution in [0.2, 0.25) is 5.02 Å². The first-order valence-electron chi connectivity index (χ1n) is 3.32. The lowest BCUT2D eigenvalue weighted by molar-refractivity contribution is 0.146. The maximum atomic E-state index is 12.3. The number of nitrogens with zero attached hydrogens (tertiary/aromatic N) is 1. The molecule has 0 saturated heterocycles. The van der Waals surface area contributed by atoms with Crippen LogP contribution < -0.4 is 0 Å². The monoisotopic (exact) mass is 339 g/mol. The molecule has 0 aliphatic carbocycles. The van der Waals surface area contributed by atoms with Crippen LogP contribution in [0.5, 0.6) is 0 Å². The van der Waals surface area contributed by atoms with Crippen molar-refractivity contribution in [2.24, 2.45) is 0 Å². The van der Waals surface area contributed by atoms with Crippen LogP contribution in [0.25, 0.3) is 0 Å². The van der Waals surface area contributed by atoms with Crippen LogP contribution in [0.15, 0.2) is 15.6 Å². The normalized spacial score (nSPS) is 12.1. The Hall–Kier alpha value is 0.0200. The second-order valence-electron chi connectivity index (χ2n) is 2.37. The fourth-order valence-corrected chi connectivity index (χ4v) is 3.14. The summed E-state index contributed by atoms with van der Waals surface area (Å²) in [6.07, 6.45) is -2.17. The molecule has 3 nitrogen and oxygen atoms in total. The highest BCUT2D eigenvalue weighted by atomic mass is 79.9. The molecule has 0 aliphatic heterocycles. The Morgan fingerprint density at radius 2 is 2.00 bits per heavy atom. The van der Waals surface area contributed by atoms with Crippen molar-refractivity contribution < 1.29 is 17.2 Å². The van der Waals surface area contributed by atoms with Crippen molar-refractivity contribution >= 4 is 47.3 Å². The molecule has 0 aliphatic rings. The van der Waals surface area contributed by atoms with E-state index in [1.54, 1.807) is 0 Å². The summed E-state index contributed by atoms with van der Waals surface area (Å²) < 4.78 is 46.2. The molecule has 0 atom stereocenters. The Morgan fingerprint density at radius 3 is 2.40 bits per heavy atom. The van der Waals surface area contributed by atoms with Gasteiger partial charge in [0.05, 0.1) is 9.50 Å². The average molecular weight is 341 g/mol. The lowest BCUT2D eigenvalue weighted by atomic mass is 10.3. The lowest BCUT2D eigenvalue weighted by Gasteiger charge is -2.06. The maximum absolute atomic E-state index is 12.3. The van der Waals surface area contributed by atoms with Gasteiger partial charge < -0.3 is 0 Å². The minimum atomic E-state index is -4.06. The predicted molar refractivity (Wildman–Crippen MR) is 54.9 cm³/mol. The summed E-state index contributed by atoms with van der Waals surface area (Å²) in [6.45, 7) is 0. The van der Waals surface area contributed by atoms with Gasteiger partial charge in [0.1, 0.15) is 10.6 Å². The van der Waals surface area contributed by atoms with Gasteiger partial charge in [0, 0.05) is 16.9 Å². The highest BCUT2D eigenvalue weighted by molar-refractivity contribution is 9.10. The molecule has 9 heteroatoms.